The fourth-order valence-electron chi connectivity index (χ4n) is 3.03. The highest BCUT2D eigenvalue weighted by Gasteiger charge is 2.20. The Morgan fingerprint density at radius 3 is 1.79 bits per heavy atom. The normalized spacial score (nSPS) is 11.7. The predicted octanol–water partition coefficient (Wildman–Crippen LogP) is 5.72. The van der Waals surface area contributed by atoms with Crippen molar-refractivity contribution in [2.24, 2.45) is 0 Å². The molecule has 0 amide bonds. The Hall–Kier alpha value is -2.09. The molecule has 3 aromatic carbocycles. The number of hydrogen-bond acceptors (Lipinski definition) is 4. The minimum absolute atomic E-state index is 0.196. The summed E-state index contributed by atoms with van der Waals surface area (Å²) in [4.78, 5) is 9.66. The zero-order valence-electron chi connectivity index (χ0n) is 15.2. The van der Waals surface area contributed by atoms with Crippen LogP contribution < -0.4 is 0 Å². The van der Waals surface area contributed by atoms with Crippen LogP contribution in [0.5, 0.6) is 0 Å². The molecule has 0 aliphatic heterocycles. The smallest absolute Gasteiger partial charge is 0.184 e. The van der Waals surface area contributed by atoms with E-state index in [2.05, 4.69) is 36.8 Å². The fourth-order valence-corrected chi connectivity index (χ4v) is 4.87. The first-order valence-corrected chi connectivity index (χ1v) is 12.1. The summed E-state index contributed by atoms with van der Waals surface area (Å²) in [6.45, 7) is 0. The monoisotopic (exact) mass is 530 g/mol. The highest BCUT2D eigenvalue weighted by Crippen LogP contribution is 2.23. The Kier molecular flexibility index (Phi) is 5.81. The van der Waals surface area contributed by atoms with Crippen molar-refractivity contribution in [3.05, 3.63) is 98.7 Å². The molecule has 4 aromatic rings. The number of sulfone groups is 1. The van der Waals surface area contributed by atoms with Crippen molar-refractivity contribution in [3.8, 4) is 0 Å². The van der Waals surface area contributed by atoms with Gasteiger partial charge in [-0.05, 0) is 54.1 Å². The van der Waals surface area contributed by atoms with E-state index in [0.29, 0.717) is 23.3 Å². The van der Waals surface area contributed by atoms with Crippen LogP contribution in [0.15, 0.2) is 86.6 Å². The number of hydrogen-bond donors (Lipinski definition) is 0. The summed E-state index contributed by atoms with van der Waals surface area (Å²) in [6, 6.07) is 22.1. The van der Waals surface area contributed by atoms with Gasteiger partial charge >= 0.3 is 0 Å². The van der Waals surface area contributed by atoms with Crippen molar-refractivity contribution < 1.29 is 8.42 Å². The largest absolute Gasteiger partial charge is 0.249 e. The molecule has 0 saturated carbocycles. The first-order valence-electron chi connectivity index (χ1n) is 8.88. The molecule has 0 aliphatic rings. The Bertz CT molecular complexity index is 1270. The molecule has 1 aromatic heterocycles. The number of fused-ring (bicyclic) bond motifs is 1. The Morgan fingerprint density at radius 2 is 1.21 bits per heavy atom. The van der Waals surface area contributed by atoms with Gasteiger partial charge in [-0.3, -0.25) is 0 Å². The van der Waals surface area contributed by atoms with E-state index in [1.165, 1.54) is 0 Å². The van der Waals surface area contributed by atoms with E-state index < -0.39 is 9.84 Å². The van der Waals surface area contributed by atoms with Gasteiger partial charge in [0.2, 0.25) is 0 Å². The fraction of sp³-hybridized carbons (Fsp3) is 0.0909. The van der Waals surface area contributed by atoms with Gasteiger partial charge in [0, 0.05) is 15.4 Å². The van der Waals surface area contributed by atoms with Crippen molar-refractivity contribution in [2.75, 3.05) is 0 Å². The molecule has 4 nitrogen and oxygen atoms in total. The van der Waals surface area contributed by atoms with Gasteiger partial charge in [0.1, 0.15) is 0 Å². The molecule has 29 heavy (non-hydrogen) atoms. The number of para-hydroxylation sites is 2. The van der Waals surface area contributed by atoms with Crippen LogP contribution in [0, 0.1) is 0 Å². The lowest BCUT2D eigenvalue weighted by atomic mass is 10.1. The maximum absolute atomic E-state index is 13.0. The van der Waals surface area contributed by atoms with Gasteiger partial charge in [0.05, 0.1) is 33.1 Å². The highest BCUT2D eigenvalue weighted by atomic mass is 79.9. The standard InChI is InChI=1S/C22H16Br2N2O2S/c23-16-7-5-15(6-8-16)13-21-22(26-20-4-2-1-3-19(20)25-21)14-29(27,28)18-11-9-17(24)10-12-18/h1-12H,13-14H2. The molecule has 0 spiro atoms. The molecule has 1 heterocycles. The van der Waals surface area contributed by atoms with Crippen molar-refractivity contribution in [2.45, 2.75) is 17.1 Å². The van der Waals surface area contributed by atoms with Crippen LogP contribution in [-0.2, 0) is 22.0 Å². The van der Waals surface area contributed by atoms with Crippen LogP contribution in [0.3, 0.4) is 0 Å². The second-order valence-corrected chi connectivity index (χ2v) is 10.4. The van der Waals surface area contributed by atoms with Gasteiger partial charge in [0.25, 0.3) is 0 Å². The lowest BCUT2D eigenvalue weighted by Crippen LogP contribution is -2.11. The number of nitrogens with zero attached hydrogens (tertiary/aromatic N) is 2. The van der Waals surface area contributed by atoms with Crippen molar-refractivity contribution >= 4 is 52.7 Å². The zero-order chi connectivity index (χ0) is 20.4. The average Bonchev–Trinajstić information content (AvgIpc) is 2.70. The van der Waals surface area contributed by atoms with Gasteiger partial charge in [-0.1, -0.05) is 56.1 Å². The lowest BCUT2D eigenvalue weighted by molar-refractivity contribution is 0.594. The Morgan fingerprint density at radius 1 is 0.690 bits per heavy atom. The summed E-state index contributed by atoms with van der Waals surface area (Å²) < 4.78 is 27.8. The third kappa shape index (κ3) is 4.74. The molecule has 0 unspecified atom stereocenters. The van der Waals surface area contributed by atoms with E-state index in [0.717, 1.165) is 20.0 Å². The summed E-state index contributed by atoms with van der Waals surface area (Å²) >= 11 is 6.78. The van der Waals surface area contributed by atoms with Gasteiger partial charge in [-0.25, -0.2) is 18.4 Å². The van der Waals surface area contributed by atoms with E-state index in [-0.39, 0.29) is 10.6 Å². The molecule has 0 fully saturated rings. The second-order valence-electron chi connectivity index (χ2n) is 6.62. The van der Waals surface area contributed by atoms with Gasteiger partial charge < -0.3 is 0 Å². The van der Waals surface area contributed by atoms with Crippen LogP contribution in [0.2, 0.25) is 0 Å². The zero-order valence-corrected chi connectivity index (χ0v) is 19.2. The van der Waals surface area contributed by atoms with Gasteiger partial charge in [0.15, 0.2) is 9.84 Å². The molecule has 0 N–H and O–H groups in total. The molecule has 0 bridgehead atoms. The Balaban J connectivity index is 1.77. The third-order valence-corrected chi connectivity index (χ3v) is 7.21. The highest BCUT2D eigenvalue weighted by molar-refractivity contribution is 9.10. The Labute approximate surface area is 186 Å². The topological polar surface area (TPSA) is 59.9 Å². The molecular weight excluding hydrogens is 516 g/mol. The summed E-state index contributed by atoms with van der Waals surface area (Å²) in [5.41, 5.74) is 3.64. The molecule has 0 saturated heterocycles. The second kappa shape index (κ2) is 8.34. The van der Waals surface area contributed by atoms with Crippen LogP contribution in [0.25, 0.3) is 11.0 Å². The van der Waals surface area contributed by atoms with Gasteiger partial charge in [-0.2, -0.15) is 0 Å². The quantitative estimate of drug-likeness (QED) is 0.330. The first kappa shape index (κ1) is 20.2. The maximum Gasteiger partial charge on any atom is 0.184 e. The number of aromatic nitrogens is 2. The van der Waals surface area contributed by atoms with Crippen LogP contribution in [0.4, 0.5) is 0 Å². The minimum Gasteiger partial charge on any atom is -0.249 e. The van der Waals surface area contributed by atoms with Crippen molar-refractivity contribution in [1.82, 2.24) is 9.97 Å². The molecule has 0 aliphatic carbocycles. The van der Waals surface area contributed by atoms with Crippen LogP contribution >= 0.6 is 31.9 Å². The first-order chi connectivity index (χ1) is 13.9. The predicted molar refractivity (Wildman–Crippen MR) is 122 cm³/mol. The number of halogens is 2. The van der Waals surface area contributed by atoms with E-state index >= 15 is 0 Å². The van der Waals surface area contributed by atoms with E-state index in [1.54, 1.807) is 24.3 Å². The molecule has 7 heteroatoms. The van der Waals surface area contributed by atoms with E-state index in [1.807, 2.05) is 48.5 Å². The number of rotatable bonds is 5. The molecule has 4 rings (SSSR count). The lowest BCUT2D eigenvalue weighted by Gasteiger charge is -2.11. The summed E-state index contributed by atoms with van der Waals surface area (Å²) in [5, 5.41) is 0. The van der Waals surface area contributed by atoms with E-state index in [9.17, 15) is 8.42 Å². The van der Waals surface area contributed by atoms with Gasteiger partial charge in [-0.15, -0.1) is 0 Å². The summed E-state index contributed by atoms with van der Waals surface area (Å²) in [5.74, 6) is -0.196. The van der Waals surface area contributed by atoms with E-state index in [4.69, 9.17) is 4.98 Å². The third-order valence-electron chi connectivity index (χ3n) is 4.51. The van der Waals surface area contributed by atoms with Crippen LogP contribution in [0.1, 0.15) is 17.0 Å². The summed E-state index contributed by atoms with van der Waals surface area (Å²) in [7, 11) is -3.55. The minimum atomic E-state index is -3.55. The van der Waals surface area contributed by atoms with Crippen LogP contribution in [-0.4, -0.2) is 18.4 Å². The van der Waals surface area contributed by atoms with Crippen molar-refractivity contribution in [3.63, 3.8) is 0 Å². The SMILES string of the molecule is O=S(=O)(Cc1nc2ccccc2nc1Cc1ccc(Br)cc1)c1ccc(Br)cc1. The average molecular weight is 532 g/mol. The molecule has 0 atom stereocenters. The molecular formula is C22H16Br2N2O2S. The maximum atomic E-state index is 13.0. The number of benzene rings is 3. The molecule has 0 radical (unpaired) electrons. The van der Waals surface area contributed by atoms with Crippen molar-refractivity contribution in [1.29, 1.82) is 0 Å². The molecule has 146 valence electrons. The summed E-state index contributed by atoms with van der Waals surface area (Å²) in [6.07, 6.45) is 0.510.